The van der Waals surface area contributed by atoms with Crippen molar-refractivity contribution in [3.05, 3.63) is 71.3 Å². The van der Waals surface area contributed by atoms with E-state index in [9.17, 15) is 18.4 Å². The van der Waals surface area contributed by atoms with Crippen LogP contribution in [0.2, 0.25) is 0 Å². The second-order valence-electron chi connectivity index (χ2n) is 4.64. The van der Waals surface area contributed by atoms with Crippen molar-refractivity contribution in [2.45, 2.75) is 12.5 Å². The first-order valence-electron chi connectivity index (χ1n) is 6.50. The molecule has 4 nitrogen and oxygen atoms in total. The number of nitrogens with one attached hydrogen (secondary N) is 1. The van der Waals surface area contributed by atoms with Crippen LogP contribution in [-0.2, 0) is 11.2 Å². The molecule has 0 saturated carbocycles. The Morgan fingerprint density at radius 1 is 1.00 bits per heavy atom. The maximum atomic E-state index is 13.6. The molecular formula is C16H13F2NO3. The van der Waals surface area contributed by atoms with Gasteiger partial charge >= 0.3 is 5.97 Å². The predicted molar refractivity (Wildman–Crippen MR) is 75.4 cm³/mol. The number of carboxylic acids is 1. The summed E-state index contributed by atoms with van der Waals surface area (Å²) in [4.78, 5) is 23.2. The van der Waals surface area contributed by atoms with Crippen LogP contribution in [0.25, 0.3) is 0 Å². The highest BCUT2D eigenvalue weighted by atomic mass is 19.1. The smallest absolute Gasteiger partial charge is 0.326 e. The molecule has 2 aromatic rings. The third kappa shape index (κ3) is 3.66. The van der Waals surface area contributed by atoms with Gasteiger partial charge in [-0.05, 0) is 23.8 Å². The van der Waals surface area contributed by atoms with Gasteiger partial charge < -0.3 is 10.4 Å². The highest BCUT2D eigenvalue weighted by Gasteiger charge is 2.23. The van der Waals surface area contributed by atoms with Crippen LogP contribution in [0.1, 0.15) is 15.9 Å². The second-order valence-corrected chi connectivity index (χ2v) is 4.64. The number of carboxylic acid groups (broad SMARTS) is 1. The zero-order chi connectivity index (χ0) is 16.1. The van der Waals surface area contributed by atoms with Gasteiger partial charge in [0.25, 0.3) is 5.91 Å². The molecule has 2 N–H and O–H groups in total. The van der Waals surface area contributed by atoms with E-state index < -0.39 is 29.6 Å². The Bertz CT molecular complexity index is 703. The topological polar surface area (TPSA) is 66.4 Å². The molecule has 0 heterocycles. The summed E-state index contributed by atoms with van der Waals surface area (Å²) in [6, 6.07) is 9.54. The minimum absolute atomic E-state index is 0.156. The van der Waals surface area contributed by atoms with Crippen molar-refractivity contribution in [3.63, 3.8) is 0 Å². The van der Waals surface area contributed by atoms with Gasteiger partial charge in [0.15, 0.2) is 0 Å². The summed E-state index contributed by atoms with van der Waals surface area (Å²) in [7, 11) is 0. The first-order chi connectivity index (χ1) is 10.5. The standard InChI is InChI=1S/C16H13F2NO3/c17-12-7-3-1-5-10(12)9-14(16(21)22)19-15(20)11-6-2-4-8-13(11)18/h1-8,14H,9H2,(H,19,20)(H,21,22)/t14-/m1/s1. The van der Waals surface area contributed by atoms with Crippen LogP contribution in [0.5, 0.6) is 0 Å². The molecule has 6 heteroatoms. The van der Waals surface area contributed by atoms with Crippen molar-refractivity contribution in [2.24, 2.45) is 0 Å². The van der Waals surface area contributed by atoms with Gasteiger partial charge in [-0.2, -0.15) is 0 Å². The van der Waals surface area contributed by atoms with Crippen LogP contribution >= 0.6 is 0 Å². The fraction of sp³-hybridized carbons (Fsp3) is 0.125. The maximum Gasteiger partial charge on any atom is 0.326 e. The van der Waals surface area contributed by atoms with Crippen molar-refractivity contribution >= 4 is 11.9 Å². The number of carbonyl (C=O) groups excluding carboxylic acids is 1. The monoisotopic (exact) mass is 305 g/mol. The summed E-state index contributed by atoms with van der Waals surface area (Å²) in [5.74, 6) is -3.50. The normalized spacial score (nSPS) is 11.7. The lowest BCUT2D eigenvalue weighted by atomic mass is 10.0. The van der Waals surface area contributed by atoms with Crippen LogP contribution in [0.15, 0.2) is 48.5 Å². The Balaban J connectivity index is 2.16. The van der Waals surface area contributed by atoms with E-state index in [-0.39, 0.29) is 17.5 Å². The molecule has 0 fully saturated rings. The van der Waals surface area contributed by atoms with Crippen molar-refractivity contribution in [1.29, 1.82) is 0 Å². The number of amides is 1. The van der Waals surface area contributed by atoms with Gasteiger partial charge in [-0.25, -0.2) is 13.6 Å². The van der Waals surface area contributed by atoms with Crippen LogP contribution in [0, 0.1) is 11.6 Å². The molecule has 2 rings (SSSR count). The molecule has 0 unspecified atom stereocenters. The van der Waals surface area contributed by atoms with E-state index in [0.717, 1.165) is 6.07 Å². The number of aliphatic carboxylic acids is 1. The third-order valence-corrected chi connectivity index (χ3v) is 3.10. The minimum Gasteiger partial charge on any atom is -0.480 e. The third-order valence-electron chi connectivity index (χ3n) is 3.10. The lowest BCUT2D eigenvalue weighted by Crippen LogP contribution is -2.42. The highest BCUT2D eigenvalue weighted by molar-refractivity contribution is 5.96. The second kappa shape index (κ2) is 6.80. The van der Waals surface area contributed by atoms with Crippen LogP contribution < -0.4 is 5.32 Å². The van der Waals surface area contributed by atoms with Crippen LogP contribution in [-0.4, -0.2) is 23.0 Å². The Morgan fingerprint density at radius 2 is 1.59 bits per heavy atom. The van der Waals surface area contributed by atoms with Crippen LogP contribution in [0.3, 0.4) is 0 Å². The lowest BCUT2D eigenvalue weighted by Gasteiger charge is -2.15. The number of carbonyl (C=O) groups is 2. The first-order valence-corrected chi connectivity index (χ1v) is 6.50. The molecule has 114 valence electrons. The van der Waals surface area contributed by atoms with Gasteiger partial charge in [0.1, 0.15) is 17.7 Å². The zero-order valence-electron chi connectivity index (χ0n) is 11.4. The van der Waals surface area contributed by atoms with Crippen molar-refractivity contribution < 1.29 is 23.5 Å². The van der Waals surface area contributed by atoms with Gasteiger partial charge in [0, 0.05) is 6.42 Å². The number of benzene rings is 2. The molecule has 0 bridgehead atoms. The molecule has 1 amide bonds. The Kier molecular flexibility index (Phi) is 4.83. The van der Waals surface area contributed by atoms with E-state index in [4.69, 9.17) is 5.11 Å². The summed E-state index contributed by atoms with van der Waals surface area (Å²) in [5, 5.41) is 11.4. The average molecular weight is 305 g/mol. The summed E-state index contributed by atoms with van der Waals surface area (Å²) in [5.41, 5.74) is -0.106. The lowest BCUT2D eigenvalue weighted by molar-refractivity contribution is -0.139. The summed E-state index contributed by atoms with van der Waals surface area (Å²) in [6.07, 6.45) is -0.234. The SMILES string of the molecule is O=C(N[C@H](Cc1ccccc1F)C(=O)O)c1ccccc1F. The Morgan fingerprint density at radius 3 is 2.18 bits per heavy atom. The van der Waals surface area contributed by atoms with E-state index in [1.165, 1.54) is 36.4 Å². The zero-order valence-corrected chi connectivity index (χ0v) is 11.4. The molecule has 22 heavy (non-hydrogen) atoms. The Hall–Kier alpha value is -2.76. The number of rotatable bonds is 5. The fourth-order valence-electron chi connectivity index (χ4n) is 1.97. The number of hydrogen-bond donors (Lipinski definition) is 2. The van der Waals surface area contributed by atoms with Gasteiger partial charge in [-0.1, -0.05) is 30.3 Å². The molecule has 0 spiro atoms. The van der Waals surface area contributed by atoms with E-state index in [0.29, 0.717) is 0 Å². The van der Waals surface area contributed by atoms with Gasteiger partial charge in [0.2, 0.25) is 0 Å². The molecule has 2 aromatic carbocycles. The van der Waals surface area contributed by atoms with Crippen molar-refractivity contribution in [1.82, 2.24) is 5.32 Å². The average Bonchev–Trinajstić information content (AvgIpc) is 2.49. The molecule has 0 aliphatic heterocycles. The molecule has 0 aliphatic rings. The highest BCUT2D eigenvalue weighted by Crippen LogP contribution is 2.11. The van der Waals surface area contributed by atoms with Crippen molar-refractivity contribution in [3.8, 4) is 0 Å². The van der Waals surface area contributed by atoms with E-state index in [1.54, 1.807) is 6.07 Å². The van der Waals surface area contributed by atoms with Gasteiger partial charge in [-0.15, -0.1) is 0 Å². The summed E-state index contributed by atoms with van der Waals surface area (Å²) >= 11 is 0. The molecule has 0 saturated heterocycles. The molecule has 0 aliphatic carbocycles. The van der Waals surface area contributed by atoms with Crippen molar-refractivity contribution in [2.75, 3.05) is 0 Å². The van der Waals surface area contributed by atoms with Gasteiger partial charge in [-0.3, -0.25) is 4.79 Å². The quantitative estimate of drug-likeness (QED) is 0.891. The largest absolute Gasteiger partial charge is 0.480 e. The van der Waals surface area contributed by atoms with E-state index in [1.807, 2.05) is 0 Å². The number of hydrogen-bond acceptors (Lipinski definition) is 2. The van der Waals surface area contributed by atoms with Crippen LogP contribution in [0.4, 0.5) is 8.78 Å². The minimum atomic E-state index is -1.36. The van der Waals surface area contributed by atoms with E-state index in [2.05, 4.69) is 5.32 Å². The first kappa shape index (κ1) is 15.6. The Labute approximate surface area is 125 Å². The van der Waals surface area contributed by atoms with Gasteiger partial charge in [0.05, 0.1) is 5.56 Å². The molecule has 1 atom stereocenters. The number of halogens is 2. The summed E-state index contributed by atoms with van der Waals surface area (Å²) in [6.45, 7) is 0. The molecular weight excluding hydrogens is 292 g/mol. The molecule has 0 radical (unpaired) electrons. The fourth-order valence-corrected chi connectivity index (χ4v) is 1.97. The predicted octanol–water partition coefficient (Wildman–Crippen LogP) is 2.39. The molecule has 0 aromatic heterocycles. The van der Waals surface area contributed by atoms with E-state index >= 15 is 0 Å². The maximum absolute atomic E-state index is 13.6. The summed E-state index contributed by atoms with van der Waals surface area (Å²) < 4.78 is 27.1.